The second-order valence-electron chi connectivity index (χ2n) is 7.10. The summed E-state index contributed by atoms with van der Waals surface area (Å²) < 4.78 is 27.4. The van der Waals surface area contributed by atoms with Gasteiger partial charge >= 0.3 is 0 Å². The maximum atomic E-state index is 12.3. The molecule has 0 spiro atoms. The molecule has 0 aromatic rings. The van der Waals surface area contributed by atoms with Crippen LogP contribution in [0, 0.1) is 5.41 Å². The number of rotatable bonds is 5. The molecular weight excluding hydrogens is 292 g/mol. The summed E-state index contributed by atoms with van der Waals surface area (Å²) in [6, 6.07) is 0. The van der Waals surface area contributed by atoms with E-state index in [9.17, 15) is 8.42 Å². The number of nitrogens with zero attached hydrogens (tertiary/aromatic N) is 2. The molecular formula is C13H28N4O3S. The zero-order chi connectivity index (χ0) is 16.3. The Kier molecular flexibility index (Phi) is 5.63. The van der Waals surface area contributed by atoms with Crippen LogP contribution in [-0.4, -0.2) is 55.8 Å². The number of likely N-dealkylation sites (tertiary alicyclic amines) is 1. The van der Waals surface area contributed by atoms with Crippen LogP contribution >= 0.6 is 0 Å². The molecule has 0 amide bonds. The molecule has 0 bridgehead atoms. The van der Waals surface area contributed by atoms with E-state index >= 15 is 0 Å². The standard InChI is InChI=1S/C13H28N4O3S/c1-12(2,3)7-10-21(19,20)16-13(11(14)15-18)5-8-17(4)9-6-13/h16,18H,5-10H2,1-4H3,(H2,14,15). The van der Waals surface area contributed by atoms with Gasteiger partial charge in [-0.05, 0) is 31.7 Å². The molecule has 8 heteroatoms. The summed E-state index contributed by atoms with van der Waals surface area (Å²) in [5.74, 6) is -0.0257. The summed E-state index contributed by atoms with van der Waals surface area (Å²) >= 11 is 0. The van der Waals surface area contributed by atoms with Crippen LogP contribution in [0.1, 0.15) is 40.0 Å². The van der Waals surface area contributed by atoms with Crippen LogP contribution in [0.5, 0.6) is 0 Å². The average molecular weight is 320 g/mol. The predicted octanol–water partition coefficient (Wildman–Crippen LogP) is 0.553. The third-order valence-electron chi connectivity index (χ3n) is 3.91. The van der Waals surface area contributed by atoms with Gasteiger partial charge in [0.1, 0.15) is 0 Å². The molecule has 124 valence electrons. The van der Waals surface area contributed by atoms with Crippen LogP contribution in [-0.2, 0) is 10.0 Å². The predicted molar refractivity (Wildman–Crippen MR) is 83.9 cm³/mol. The number of hydrogen-bond donors (Lipinski definition) is 3. The minimum atomic E-state index is -3.49. The molecule has 1 saturated heterocycles. The van der Waals surface area contributed by atoms with Gasteiger partial charge < -0.3 is 15.8 Å². The first kappa shape index (κ1) is 18.2. The normalized spacial score (nSPS) is 21.4. The minimum Gasteiger partial charge on any atom is -0.409 e. The number of sulfonamides is 1. The second-order valence-corrected chi connectivity index (χ2v) is 8.94. The van der Waals surface area contributed by atoms with Gasteiger partial charge in [0.15, 0.2) is 5.84 Å². The highest BCUT2D eigenvalue weighted by molar-refractivity contribution is 7.89. The van der Waals surface area contributed by atoms with Crippen LogP contribution in [0.2, 0.25) is 0 Å². The van der Waals surface area contributed by atoms with Gasteiger partial charge in [0, 0.05) is 13.1 Å². The molecule has 1 aliphatic rings. The molecule has 0 radical (unpaired) electrons. The smallest absolute Gasteiger partial charge is 0.212 e. The van der Waals surface area contributed by atoms with E-state index in [0.29, 0.717) is 32.4 Å². The van der Waals surface area contributed by atoms with Gasteiger partial charge in [-0.3, -0.25) is 0 Å². The Morgan fingerprint density at radius 3 is 2.33 bits per heavy atom. The Labute approximate surface area is 127 Å². The highest BCUT2D eigenvalue weighted by atomic mass is 32.2. The molecule has 21 heavy (non-hydrogen) atoms. The van der Waals surface area contributed by atoms with Crippen molar-refractivity contribution < 1.29 is 13.6 Å². The van der Waals surface area contributed by atoms with Gasteiger partial charge in [-0.25, -0.2) is 13.1 Å². The molecule has 0 aromatic carbocycles. The maximum absolute atomic E-state index is 12.3. The molecule has 4 N–H and O–H groups in total. The van der Waals surface area contributed by atoms with Crippen LogP contribution in [0.25, 0.3) is 0 Å². The van der Waals surface area contributed by atoms with E-state index in [1.165, 1.54) is 0 Å². The molecule has 1 heterocycles. The van der Waals surface area contributed by atoms with Gasteiger partial charge in [0.05, 0.1) is 11.3 Å². The Morgan fingerprint density at radius 2 is 1.90 bits per heavy atom. The zero-order valence-corrected chi connectivity index (χ0v) is 14.2. The van der Waals surface area contributed by atoms with Crippen molar-refractivity contribution in [3.05, 3.63) is 0 Å². The molecule has 7 nitrogen and oxygen atoms in total. The van der Waals surface area contributed by atoms with Crippen molar-refractivity contribution in [3.63, 3.8) is 0 Å². The quantitative estimate of drug-likeness (QED) is 0.297. The van der Waals surface area contributed by atoms with Gasteiger partial charge in [-0.15, -0.1) is 0 Å². The molecule has 0 aromatic heterocycles. The Bertz CT molecular complexity index is 474. The summed E-state index contributed by atoms with van der Waals surface area (Å²) in [6.07, 6.45) is 1.54. The van der Waals surface area contributed by atoms with E-state index < -0.39 is 15.6 Å². The minimum absolute atomic E-state index is 0.0345. The number of hydrogen-bond acceptors (Lipinski definition) is 5. The highest BCUT2D eigenvalue weighted by Gasteiger charge is 2.41. The lowest BCUT2D eigenvalue weighted by Crippen LogP contribution is -2.62. The molecule has 0 unspecified atom stereocenters. The molecule has 1 aliphatic heterocycles. The van der Waals surface area contributed by atoms with Gasteiger partial charge in [-0.2, -0.15) is 0 Å². The fraction of sp³-hybridized carbons (Fsp3) is 0.923. The Morgan fingerprint density at radius 1 is 1.38 bits per heavy atom. The summed E-state index contributed by atoms with van der Waals surface area (Å²) in [4.78, 5) is 2.09. The van der Waals surface area contributed by atoms with E-state index in [1.54, 1.807) is 0 Å². The topological polar surface area (TPSA) is 108 Å². The SMILES string of the molecule is CN1CCC(NS(=O)(=O)CCC(C)(C)C)(C(N)=NO)CC1. The van der Waals surface area contributed by atoms with E-state index in [-0.39, 0.29) is 17.0 Å². The number of nitrogens with two attached hydrogens (primary N) is 1. The number of oxime groups is 1. The van der Waals surface area contributed by atoms with Crippen molar-refractivity contribution in [1.82, 2.24) is 9.62 Å². The molecule has 1 fully saturated rings. The lowest BCUT2D eigenvalue weighted by molar-refractivity contribution is 0.213. The van der Waals surface area contributed by atoms with Crippen molar-refractivity contribution in [2.24, 2.45) is 16.3 Å². The van der Waals surface area contributed by atoms with Crippen molar-refractivity contribution in [2.45, 2.75) is 45.6 Å². The van der Waals surface area contributed by atoms with Crippen LogP contribution in [0.15, 0.2) is 5.16 Å². The van der Waals surface area contributed by atoms with Crippen molar-refractivity contribution >= 4 is 15.9 Å². The van der Waals surface area contributed by atoms with E-state index in [0.717, 1.165) is 0 Å². The maximum Gasteiger partial charge on any atom is 0.212 e. The molecule has 1 rings (SSSR count). The average Bonchev–Trinajstić information content (AvgIpc) is 2.38. The fourth-order valence-electron chi connectivity index (χ4n) is 2.30. The van der Waals surface area contributed by atoms with Gasteiger partial charge in [0.25, 0.3) is 0 Å². The fourth-order valence-corrected chi connectivity index (χ4v) is 4.18. The third-order valence-corrected chi connectivity index (χ3v) is 5.35. The Hall–Kier alpha value is -0.860. The molecule has 0 aliphatic carbocycles. The van der Waals surface area contributed by atoms with Crippen molar-refractivity contribution in [1.29, 1.82) is 0 Å². The second kappa shape index (κ2) is 6.50. The lowest BCUT2D eigenvalue weighted by Gasteiger charge is -2.39. The number of piperidine rings is 1. The summed E-state index contributed by atoms with van der Waals surface area (Å²) in [6.45, 7) is 7.38. The van der Waals surface area contributed by atoms with Crippen LogP contribution in [0.4, 0.5) is 0 Å². The van der Waals surface area contributed by atoms with Crippen LogP contribution in [0.3, 0.4) is 0 Å². The first-order valence-corrected chi connectivity index (χ1v) is 8.83. The van der Waals surface area contributed by atoms with Gasteiger partial charge in [-0.1, -0.05) is 25.9 Å². The third kappa shape index (κ3) is 5.44. The summed E-state index contributed by atoms with van der Waals surface area (Å²) in [5.41, 5.74) is 4.73. The first-order chi connectivity index (χ1) is 9.50. The number of nitrogens with one attached hydrogen (secondary N) is 1. The zero-order valence-electron chi connectivity index (χ0n) is 13.4. The van der Waals surface area contributed by atoms with Crippen molar-refractivity contribution in [2.75, 3.05) is 25.9 Å². The summed E-state index contributed by atoms with van der Waals surface area (Å²) in [7, 11) is -1.52. The monoisotopic (exact) mass is 320 g/mol. The molecule has 0 atom stereocenters. The molecule has 0 saturated carbocycles. The highest BCUT2D eigenvalue weighted by Crippen LogP contribution is 2.25. The van der Waals surface area contributed by atoms with E-state index in [2.05, 4.69) is 14.8 Å². The summed E-state index contributed by atoms with van der Waals surface area (Å²) in [5, 5.41) is 12.0. The number of amidine groups is 1. The van der Waals surface area contributed by atoms with E-state index in [4.69, 9.17) is 10.9 Å². The van der Waals surface area contributed by atoms with Crippen LogP contribution < -0.4 is 10.5 Å². The Balaban J connectivity index is 2.87. The van der Waals surface area contributed by atoms with Gasteiger partial charge in [0.2, 0.25) is 10.0 Å². The van der Waals surface area contributed by atoms with E-state index in [1.807, 2.05) is 27.8 Å². The largest absolute Gasteiger partial charge is 0.409 e. The van der Waals surface area contributed by atoms with Crippen molar-refractivity contribution in [3.8, 4) is 0 Å². The first-order valence-electron chi connectivity index (χ1n) is 7.18. The lowest BCUT2D eigenvalue weighted by atomic mass is 9.88.